The van der Waals surface area contributed by atoms with Crippen molar-refractivity contribution in [2.24, 2.45) is 0 Å². The molecule has 5 nitrogen and oxygen atoms in total. The van der Waals surface area contributed by atoms with Crippen LogP contribution in [0.1, 0.15) is 34.5 Å². The Balaban J connectivity index is 1.78. The molecule has 1 unspecified atom stereocenters. The fourth-order valence-corrected chi connectivity index (χ4v) is 5.42. The van der Waals surface area contributed by atoms with Crippen LogP contribution in [-0.4, -0.2) is 44.7 Å². The van der Waals surface area contributed by atoms with Crippen LogP contribution in [0.4, 0.5) is 0 Å². The molecule has 1 atom stereocenters. The lowest BCUT2D eigenvalue weighted by molar-refractivity contribution is 0.0766. The van der Waals surface area contributed by atoms with Gasteiger partial charge in [-0.3, -0.25) is 4.79 Å². The number of halogens is 1. The predicted molar refractivity (Wildman–Crippen MR) is 106 cm³/mol. The first-order valence-electron chi connectivity index (χ1n) is 8.90. The summed E-state index contributed by atoms with van der Waals surface area (Å²) in [5.41, 5.74) is 1.13. The number of nitrogens with zero attached hydrogens (tertiary/aromatic N) is 1. The molecule has 2 aromatic carbocycles. The second kappa shape index (κ2) is 8.31. The first kappa shape index (κ1) is 19.7. The minimum Gasteiger partial charge on any atom is -0.494 e. The third-order valence-corrected chi connectivity index (χ3v) is 7.14. The van der Waals surface area contributed by atoms with Crippen LogP contribution in [0.25, 0.3) is 0 Å². The minimum absolute atomic E-state index is 0.0777. The highest BCUT2D eigenvalue weighted by Gasteiger charge is 2.33. The number of rotatable bonds is 4. The van der Waals surface area contributed by atoms with Crippen molar-refractivity contribution in [3.05, 3.63) is 64.7 Å². The Morgan fingerprint density at radius 1 is 1.15 bits per heavy atom. The molecular formula is C20H22ClNO4S. The Morgan fingerprint density at radius 2 is 1.85 bits per heavy atom. The van der Waals surface area contributed by atoms with E-state index < -0.39 is 15.1 Å². The number of sulfone groups is 1. The van der Waals surface area contributed by atoms with E-state index in [1.165, 1.54) is 0 Å². The van der Waals surface area contributed by atoms with Gasteiger partial charge in [0.2, 0.25) is 0 Å². The third kappa shape index (κ3) is 4.45. The van der Waals surface area contributed by atoms with E-state index in [2.05, 4.69) is 0 Å². The van der Waals surface area contributed by atoms with Crippen molar-refractivity contribution in [2.45, 2.75) is 18.6 Å². The minimum atomic E-state index is -3.40. The Labute approximate surface area is 164 Å². The normalized spacial score (nSPS) is 19.3. The molecule has 0 N–H and O–H groups in total. The Kier molecular flexibility index (Phi) is 6.07. The maximum atomic E-state index is 12.8. The van der Waals surface area contributed by atoms with Gasteiger partial charge in [0.05, 0.1) is 17.6 Å². The molecule has 0 spiro atoms. The van der Waals surface area contributed by atoms with Crippen LogP contribution in [0, 0.1) is 0 Å². The first-order chi connectivity index (χ1) is 12.9. The largest absolute Gasteiger partial charge is 0.494 e. The molecule has 1 fully saturated rings. The SMILES string of the molecule is CCOc1ccc(C(=O)N2CCC(c3ccccc3Cl)S(=O)(=O)CC2)cc1. The molecule has 1 saturated heterocycles. The molecule has 3 rings (SSSR count). The van der Waals surface area contributed by atoms with Crippen LogP contribution in [-0.2, 0) is 9.84 Å². The molecule has 144 valence electrons. The average Bonchev–Trinajstić information content (AvgIpc) is 2.81. The van der Waals surface area contributed by atoms with Gasteiger partial charge in [-0.2, -0.15) is 0 Å². The summed E-state index contributed by atoms with van der Waals surface area (Å²) in [6.45, 7) is 2.99. The van der Waals surface area contributed by atoms with E-state index in [9.17, 15) is 13.2 Å². The van der Waals surface area contributed by atoms with E-state index in [0.717, 1.165) is 0 Å². The van der Waals surface area contributed by atoms with Crippen molar-refractivity contribution >= 4 is 27.3 Å². The molecule has 0 saturated carbocycles. The topological polar surface area (TPSA) is 63.7 Å². The fraction of sp³-hybridized carbons (Fsp3) is 0.350. The molecule has 0 aromatic heterocycles. The van der Waals surface area contributed by atoms with Gasteiger partial charge in [0, 0.05) is 23.7 Å². The van der Waals surface area contributed by atoms with Crippen molar-refractivity contribution in [3.63, 3.8) is 0 Å². The number of carbonyl (C=O) groups is 1. The molecule has 1 amide bonds. The monoisotopic (exact) mass is 407 g/mol. The summed E-state index contributed by atoms with van der Waals surface area (Å²) in [6, 6.07) is 13.9. The number of ether oxygens (including phenoxy) is 1. The maximum absolute atomic E-state index is 12.8. The molecule has 2 aromatic rings. The summed E-state index contributed by atoms with van der Waals surface area (Å²) in [5, 5.41) is -0.248. The summed E-state index contributed by atoms with van der Waals surface area (Å²) in [4.78, 5) is 14.4. The lowest BCUT2D eigenvalue weighted by atomic mass is 10.1. The standard InChI is InChI=1S/C20H22ClNO4S/c1-2-26-16-9-7-15(8-10-16)20(23)22-12-11-19(27(24,25)14-13-22)17-5-3-4-6-18(17)21/h3-10,19H,2,11-14H2,1H3. The van der Waals surface area contributed by atoms with Crippen LogP contribution in [0.15, 0.2) is 48.5 Å². The van der Waals surface area contributed by atoms with E-state index in [4.69, 9.17) is 16.3 Å². The Hall–Kier alpha value is -2.05. The van der Waals surface area contributed by atoms with Gasteiger partial charge < -0.3 is 9.64 Å². The van der Waals surface area contributed by atoms with Crippen LogP contribution in [0.5, 0.6) is 5.75 Å². The van der Waals surface area contributed by atoms with Crippen molar-refractivity contribution in [2.75, 3.05) is 25.4 Å². The summed E-state index contributed by atoms with van der Waals surface area (Å²) in [6.07, 6.45) is 0.328. The molecular weight excluding hydrogens is 386 g/mol. The second-order valence-electron chi connectivity index (χ2n) is 6.42. The van der Waals surface area contributed by atoms with E-state index >= 15 is 0 Å². The fourth-order valence-electron chi connectivity index (χ4n) is 3.28. The molecule has 1 heterocycles. The van der Waals surface area contributed by atoms with Gasteiger partial charge >= 0.3 is 0 Å². The molecule has 0 aliphatic carbocycles. The van der Waals surface area contributed by atoms with Gasteiger partial charge in [-0.1, -0.05) is 29.8 Å². The smallest absolute Gasteiger partial charge is 0.253 e. The number of carbonyl (C=O) groups excluding carboxylic acids is 1. The zero-order chi connectivity index (χ0) is 19.4. The Bertz CT molecular complexity index is 912. The van der Waals surface area contributed by atoms with Gasteiger partial charge in [0.1, 0.15) is 5.75 Å². The summed E-state index contributed by atoms with van der Waals surface area (Å²) >= 11 is 6.22. The van der Waals surface area contributed by atoms with Gasteiger partial charge in [0.25, 0.3) is 5.91 Å². The van der Waals surface area contributed by atoms with Crippen LogP contribution in [0.3, 0.4) is 0 Å². The molecule has 1 aliphatic rings. The quantitative estimate of drug-likeness (QED) is 0.774. The molecule has 0 radical (unpaired) electrons. The molecule has 7 heteroatoms. The Morgan fingerprint density at radius 3 is 2.52 bits per heavy atom. The van der Waals surface area contributed by atoms with Crippen LogP contribution >= 0.6 is 11.6 Å². The zero-order valence-electron chi connectivity index (χ0n) is 15.1. The van der Waals surface area contributed by atoms with Crippen molar-refractivity contribution in [1.29, 1.82) is 0 Å². The number of amides is 1. The van der Waals surface area contributed by atoms with E-state index in [-0.39, 0.29) is 18.2 Å². The average molecular weight is 408 g/mol. The predicted octanol–water partition coefficient (Wildman–Crippen LogP) is 3.74. The molecule has 27 heavy (non-hydrogen) atoms. The summed E-state index contributed by atoms with van der Waals surface area (Å²) < 4.78 is 30.9. The van der Waals surface area contributed by atoms with Gasteiger partial charge in [-0.25, -0.2) is 8.42 Å². The van der Waals surface area contributed by atoms with Crippen LogP contribution in [0.2, 0.25) is 5.02 Å². The van der Waals surface area contributed by atoms with Gasteiger partial charge in [-0.05, 0) is 49.2 Å². The lowest BCUT2D eigenvalue weighted by Gasteiger charge is -2.20. The second-order valence-corrected chi connectivity index (χ2v) is 9.13. The van der Waals surface area contributed by atoms with Gasteiger partial charge in [0.15, 0.2) is 9.84 Å². The first-order valence-corrected chi connectivity index (χ1v) is 11.0. The van der Waals surface area contributed by atoms with Crippen molar-refractivity contribution in [3.8, 4) is 5.75 Å². The van der Waals surface area contributed by atoms with E-state index in [0.29, 0.717) is 41.5 Å². The van der Waals surface area contributed by atoms with Crippen molar-refractivity contribution in [1.82, 2.24) is 4.90 Å². The lowest BCUT2D eigenvalue weighted by Crippen LogP contribution is -2.33. The summed E-state index contributed by atoms with van der Waals surface area (Å²) in [5.74, 6) is 0.449. The van der Waals surface area contributed by atoms with Gasteiger partial charge in [-0.15, -0.1) is 0 Å². The van der Waals surface area contributed by atoms with E-state index in [1.807, 2.05) is 6.92 Å². The van der Waals surface area contributed by atoms with E-state index in [1.54, 1.807) is 53.4 Å². The number of benzene rings is 2. The van der Waals surface area contributed by atoms with Crippen LogP contribution < -0.4 is 4.74 Å². The highest BCUT2D eigenvalue weighted by atomic mass is 35.5. The highest BCUT2D eigenvalue weighted by Crippen LogP contribution is 2.34. The third-order valence-electron chi connectivity index (χ3n) is 4.69. The van der Waals surface area contributed by atoms with Crippen molar-refractivity contribution < 1.29 is 17.9 Å². The zero-order valence-corrected chi connectivity index (χ0v) is 16.7. The molecule has 0 bridgehead atoms. The highest BCUT2D eigenvalue weighted by molar-refractivity contribution is 7.91. The number of hydrogen-bond acceptors (Lipinski definition) is 4. The number of hydrogen-bond donors (Lipinski definition) is 0. The molecule has 1 aliphatic heterocycles. The maximum Gasteiger partial charge on any atom is 0.253 e. The summed E-state index contributed by atoms with van der Waals surface area (Å²) in [7, 11) is -3.40.